The molecule has 4 nitrogen and oxygen atoms in total. The SMILES string of the molecule is CCCCCCCCOc1ncc(-c2ccc(OC[C@H]3S[C@@H]3CCCCCCCC)cc2)cn1. The maximum atomic E-state index is 6.04. The van der Waals surface area contributed by atoms with Crippen molar-refractivity contribution in [3.63, 3.8) is 0 Å². The number of rotatable bonds is 19. The highest BCUT2D eigenvalue weighted by atomic mass is 32.2. The van der Waals surface area contributed by atoms with Gasteiger partial charge in [-0.05, 0) is 30.5 Å². The van der Waals surface area contributed by atoms with Gasteiger partial charge in [-0.2, -0.15) is 0 Å². The Labute approximate surface area is 211 Å². The van der Waals surface area contributed by atoms with Crippen molar-refractivity contribution in [1.82, 2.24) is 9.97 Å². The lowest BCUT2D eigenvalue weighted by atomic mass is 10.1. The van der Waals surface area contributed by atoms with Crippen LogP contribution >= 0.6 is 11.8 Å². The molecule has 1 saturated heterocycles. The van der Waals surface area contributed by atoms with Crippen molar-refractivity contribution in [3.8, 4) is 22.9 Å². The molecule has 1 aromatic heterocycles. The fourth-order valence-corrected chi connectivity index (χ4v) is 5.24. The monoisotopic (exact) mass is 484 g/mol. The van der Waals surface area contributed by atoms with Crippen molar-refractivity contribution in [3.05, 3.63) is 36.7 Å². The molecule has 0 saturated carbocycles. The molecule has 1 fully saturated rings. The normalized spacial score (nSPS) is 17.0. The lowest BCUT2D eigenvalue weighted by molar-refractivity contribution is 0.281. The lowest BCUT2D eigenvalue weighted by Gasteiger charge is -2.08. The van der Waals surface area contributed by atoms with E-state index in [9.17, 15) is 0 Å². The van der Waals surface area contributed by atoms with Crippen LogP contribution < -0.4 is 9.47 Å². The zero-order chi connectivity index (χ0) is 23.8. The molecule has 3 rings (SSSR count). The van der Waals surface area contributed by atoms with Gasteiger partial charge < -0.3 is 9.47 Å². The minimum absolute atomic E-state index is 0.467. The van der Waals surface area contributed by atoms with Crippen LogP contribution in [0.25, 0.3) is 11.1 Å². The summed E-state index contributed by atoms with van der Waals surface area (Å²) in [7, 11) is 0. The Balaban J connectivity index is 1.29. The van der Waals surface area contributed by atoms with E-state index in [2.05, 4.69) is 47.7 Å². The molecule has 0 unspecified atom stereocenters. The molecule has 1 aromatic carbocycles. The van der Waals surface area contributed by atoms with E-state index in [-0.39, 0.29) is 0 Å². The number of aromatic nitrogens is 2. The van der Waals surface area contributed by atoms with Gasteiger partial charge in [0.25, 0.3) is 0 Å². The summed E-state index contributed by atoms with van der Waals surface area (Å²) in [5, 5.41) is 1.48. The second-order valence-corrected chi connectivity index (χ2v) is 11.0. The van der Waals surface area contributed by atoms with Gasteiger partial charge in [-0.25, -0.2) is 9.97 Å². The molecular weight excluding hydrogens is 440 g/mol. The topological polar surface area (TPSA) is 44.2 Å². The smallest absolute Gasteiger partial charge is 0.316 e. The van der Waals surface area contributed by atoms with E-state index in [1.165, 1.54) is 77.0 Å². The number of thioether (sulfide) groups is 1. The van der Waals surface area contributed by atoms with Crippen LogP contribution in [0.4, 0.5) is 0 Å². The molecule has 1 aliphatic rings. The first-order valence-electron chi connectivity index (χ1n) is 13.6. The van der Waals surface area contributed by atoms with Crippen molar-refractivity contribution < 1.29 is 9.47 Å². The van der Waals surface area contributed by atoms with E-state index >= 15 is 0 Å². The first-order chi connectivity index (χ1) is 16.8. The predicted octanol–water partition coefficient (Wildman–Crippen LogP) is 8.50. The number of unbranched alkanes of at least 4 members (excludes halogenated alkanes) is 10. The number of nitrogens with zero attached hydrogens (tertiary/aromatic N) is 2. The molecular formula is C29H44N2O2S. The molecule has 0 amide bonds. The Morgan fingerprint density at radius 3 is 1.97 bits per heavy atom. The highest BCUT2D eigenvalue weighted by Gasteiger charge is 2.37. The molecule has 0 N–H and O–H groups in total. The van der Waals surface area contributed by atoms with Crippen LogP contribution in [0.2, 0.25) is 0 Å². The van der Waals surface area contributed by atoms with Crippen LogP contribution in [-0.4, -0.2) is 33.7 Å². The van der Waals surface area contributed by atoms with Gasteiger partial charge in [0.1, 0.15) is 12.4 Å². The molecule has 1 aliphatic heterocycles. The summed E-state index contributed by atoms with van der Waals surface area (Å²) in [4.78, 5) is 8.76. The summed E-state index contributed by atoms with van der Waals surface area (Å²) < 4.78 is 11.7. The van der Waals surface area contributed by atoms with Gasteiger partial charge in [0.2, 0.25) is 0 Å². The molecule has 0 radical (unpaired) electrons. The Kier molecular flexibility index (Phi) is 12.6. The highest BCUT2D eigenvalue weighted by Crippen LogP contribution is 2.44. The average molecular weight is 485 g/mol. The molecule has 34 heavy (non-hydrogen) atoms. The maximum Gasteiger partial charge on any atom is 0.316 e. The number of hydrogen-bond acceptors (Lipinski definition) is 5. The third-order valence-corrected chi connectivity index (χ3v) is 7.90. The third-order valence-electron chi connectivity index (χ3n) is 6.49. The first kappa shape index (κ1) is 26.8. The summed E-state index contributed by atoms with van der Waals surface area (Å²) >= 11 is 2.08. The number of ether oxygens (including phenoxy) is 2. The van der Waals surface area contributed by atoms with Gasteiger partial charge in [0.05, 0.1) is 11.9 Å². The predicted molar refractivity (Wildman–Crippen MR) is 145 cm³/mol. The highest BCUT2D eigenvalue weighted by molar-refractivity contribution is 8.07. The van der Waals surface area contributed by atoms with Crippen molar-refractivity contribution in [2.75, 3.05) is 13.2 Å². The molecule has 0 spiro atoms. The van der Waals surface area contributed by atoms with Crippen LogP contribution in [0, 0.1) is 0 Å². The van der Waals surface area contributed by atoms with E-state index < -0.39 is 0 Å². The van der Waals surface area contributed by atoms with E-state index in [1.54, 1.807) is 0 Å². The van der Waals surface area contributed by atoms with Gasteiger partial charge >= 0.3 is 6.01 Å². The van der Waals surface area contributed by atoms with Gasteiger partial charge in [0.15, 0.2) is 0 Å². The molecule has 2 atom stereocenters. The standard InChI is InChI=1S/C29H44N2O2S/c1-3-5-7-9-11-13-15-27-28(34-27)23-33-26-18-16-24(17-19-26)25-21-30-29(31-22-25)32-20-14-12-10-8-6-4-2/h16-19,21-22,27-28H,3-15,20,23H2,1-2H3/t27-,28-/m1/s1. The number of benzene rings is 1. The van der Waals surface area contributed by atoms with Crippen molar-refractivity contribution in [1.29, 1.82) is 0 Å². The lowest BCUT2D eigenvalue weighted by Crippen LogP contribution is -2.07. The third kappa shape index (κ3) is 10.2. The summed E-state index contributed by atoms with van der Waals surface area (Å²) in [6, 6.07) is 8.73. The van der Waals surface area contributed by atoms with Crippen molar-refractivity contribution in [2.45, 2.75) is 108 Å². The largest absolute Gasteiger partial charge is 0.492 e. The minimum Gasteiger partial charge on any atom is -0.492 e. The van der Waals surface area contributed by atoms with Crippen LogP contribution in [0.15, 0.2) is 36.7 Å². The molecule has 0 aliphatic carbocycles. The van der Waals surface area contributed by atoms with E-state index in [4.69, 9.17) is 9.47 Å². The summed E-state index contributed by atoms with van der Waals surface area (Å²) in [6.07, 6.45) is 20.8. The van der Waals surface area contributed by atoms with Gasteiger partial charge in [-0.15, -0.1) is 11.8 Å². The maximum absolute atomic E-state index is 6.04. The molecule has 2 heterocycles. The zero-order valence-corrected chi connectivity index (χ0v) is 22.2. The van der Waals surface area contributed by atoms with Gasteiger partial charge in [-0.1, -0.05) is 96.6 Å². The van der Waals surface area contributed by atoms with Crippen LogP contribution in [0.5, 0.6) is 11.8 Å². The van der Waals surface area contributed by atoms with E-state index in [0.29, 0.717) is 17.9 Å². The zero-order valence-electron chi connectivity index (χ0n) is 21.3. The van der Waals surface area contributed by atoms with Crippen molar-refractivity contribution >= 4 is 11.8 Å². The molecule has 188 valence electrons. The first-order valence-corrected chi connectivity index (χ1v) is 14.6. The van der Waals surface area contributed by atoms with Gasteiger partial charge in [0, 0.05) is 23.2 Å². The molecule has 2 aromatic rings. The molecule has 5 heteroatoms. The minimum atomic E-state index is 0.467. The quantitative estimate of drug-likeness (QED) is 0.148. The van der Waals surface area contributed by atoms with E-state index in [1.807, 2.05) is 24.5 Å². The van der Waals surface area contributed by atoms with Crippen molar-refractivity contribution in [2.24, 2.45) is 0 Å². The van der Waals surface area contributed by atoms with Crippen LogP contribution in [0.1, 0.15) is 97.3 Å². The summed E-state index contributed by atoms with van der Waals surface area (Å²) in [6.45, 7) is 6.03. The second-order valence-electron chi connectivity index (χ2n) is 9.48. The second kappa shape index (κ2) is 16.0. The number of hydrogen-bond donors (Lipinski definition) is 0. The Bertz CT molecular complexity index is 782. The fraction of sp³-hybridized carbons (Fsp3) is 0.655. The Morgan fingerprint density at radius 2 is 1.29 bits per heavy atom. The summed E-state index contributed by atoms with van der Waals surface area (Å²) in [5.41, 5.74) is 2.09. The average Bonchev–Trinajstić information content (AvgIpc) is 3.63. The Morgan fingerprint density at radius 1 is 0.676 bits per heavy atom. The summed E-state index contributed by atoms with van der Waals surface area (Å²) in [5.74, 6) is 0.939. The van der Waals surface area contributed by atoms with Crippen LogP contribution in [0.3, 0.4) is 0 Å². The van der Waals surface area contributed by atoms with E-state index in [0.717, 1.165) is 35.2 Å². The Hall–Kier alpha value is -1.75. The fourth-order valence-electron chi connectivity index (χ4n) is 4.21. The van der Waals surface area contributed by atoms with Gasteiger partial charge in [-0.3, -0.25) is 0 Å². The molecule has 0 bridgehead atoms. The van der Waals surface area contributed by atoms with Crippen LogP contribution in [-0.2, 0) is 0 Å².